The molecule has 2 N–H and O–H groups in total. The molecule has 0 aliphatic rings. The van der Waals surface area contributed by atoms with Gasteiger partial charge in [0, 0.05) is 0 Å². The maximum atomic E-state index is 12.4. The van der Waals surface area contributed by atoms with Gasteiger partial charge in [0.05, 0.1) is 4.90 Å². The summed E-state index contributed by atoms with van der Waals surface area (Å²) in [6, 6.07) is 13.1. The average Bonchev–Trinajstić information content (AvgIpc) is 2.53. The first-order chi connectivity index (χ1) is 11.2. The summed E-state index contributed by atoms with van der Waals surface area (Å²) in [7, 11) is -3.89. The fourth-order valence-corrected chi connectivity index (χ4v) is 3.62. The summed E-state index contributed by atoms with van der Waals surface area (Å²) < 4.78 is 27.0. The van der Waals surface area contributed by atoms with Crippen LogP contribution in [0.25, 0.3) is 11.1 Å². The largest absolute Gasteiger partial charge is 0.480 e. The molecular formula is C18H21NO4S. The highest BCUT2D eigenvalue weighted by Gasteiger charge is 2.27. The van der Waals surface area contributed by atoms with Crippen LogP contribution < -0.4 is 4.72 Å². The quantitative estimate of drug-likeness (QED) is 0.841. The van der Waals surface area contributed by atoms with Gasteiger partial charge in [-0.25, -0.2) is 8.42 Å². The molecule has 24 heavy (non-hydrogen) atoms. The van der Waals surface area contributed by atoms with Gasteiger partial charge in [0.15, 0.2) is 0 Å². The number of carboxylic acid groups (broad SMARTS) is 1. The Kier molecular flexibility index (Phi) is 5.41. The number of nitrogens with one attached hydrogen (secondary N) is 1. The monoisotopic (exact) mass is 347 g/mol. The molecule has 0 radical (unpaired) electrons. The van der Waals surface area contributed by atoms with Crippen molar-refractivity contribution in [3.8, 4) is 11.1 Å². The highest BCUT2D eigenvalue weighted by molar-refractivity contribution is 7.89. The van der Waals surface area contributed by atoms with E-state index >= 15 is 0 Å². The van der Waals surface area contributed by atoms with Gasteiger partial charge in [-0.3, -0.25) is 4.79 Å². The number of sulfonamides is 1. The molecule has 0 aliphatic heterocycles. The van der Waals surface area contributed by atoms with Crippen LogP contribution in [0.2, 0.25) is 0 Å². The number of hydrogen-bond donors (Lipinski definition) is 2. The lowest BCUT2D eigenvalue weighted by Gasteiger charge is -2.18. The predicted molar refractivity (Wildman–Crippen MR) is 93.2 cm³/mol. The van der Waals surface area contributed by atoms with E-state index in [-0.39, 0.29) is 10.8 Å². The topological polar surface area (TPSA) is 83.5 Å². The zero-order valence-electron chi connectivity index (χ0n) is 13.9. The molecule has 1 unspecified atom stereocenters. The number of aryl methyl sites for hydroxylation is 1. The maximum absolute atomic E-state index is 12.4. The molecule has 1 atom stereocenters. The van der Waals surface area contributed by atoms with Crippen molar-refractivity contribution >= 4 is 16.0 Å². The van der Waals surface area contributed by atoms with E-state index in [1.807, 2.05) is 31.2 Å². The lowest BCUT2D eigenvalue weighted by molar-refractivity contribution is -0.140. The third-order valence-corrected chi connectivity index (χ3v) is 5.22. The summed E-state index contributed by atoms with van der Waals surface area (Å²) in [5.41, 5.74) is 3.03. The number of rotatable bonds is 6. The summed E-state index contributed by atoms with van der Waals surface area (Å²) in [4.78, 5) is 11.2. The maximum Gasteiger partial charge on any atom is 0.322 e. The Bertz CT molecular complexity index is 809. The number of benzene rings is 2. The van der Waals surface area contributed by atoms with Gasteiger partial charge in [-0.15, -0.1) is 0 Å². The van der Waals surface area contributed by atoms with E-state index in [2.05, 4.69) is 4.72 Å². The van der Waals surface area contributed by atoms with Gasteiger partial charge in [0.1, 0.15) is 6.04 Å². The lowest BCUT2D eigenvalue weighted by Crippen LogP contribution is -2.44. The first-order valence-corrected chi connectivity index (χ1v) is 9.11. The van der Waals surface area contributed by atoms with Crippen LogP contribution in [0.4, 0.5) is 0 Å². The molecule has 5 nitrogen and oxygen atoms in total. The van der Waals surface area contributed by atoms with Crippen LogP contribution in [0.15, 0.2) is 53.4 Å². The molecule has 0 spiro atoms. The Hall–Kier alpha value is -2.18. The van der Waals surface area contributed by atoms with Crippen LogP contribution in [0.3, 0.4) is 0 Å². The van der Waals surface area contributed by atoms with Crippen LogP contribution in [0, 0.1) is 12.8 Å². The van der Waals surface area contributed by atoms with Gasteiger partial charge >= 0.3 is 5.97 Å². The number of carboxylic acids is 1. The molecule has 2 aromatic rings. The summed E-state index contributed by atoms with van der Waals surface area (Å²) in [5.74, 6) is -1.55. The van der Waals surface area contributed by atoms with Crippen molar-refractivity contribution < 1.29 is 18.3 Å². The van der Waals surface area contributed by atoms with Crippen LogP contribution in [0.5, 0.6) is 0 Å². The second-order valence-corrected chi connectivity index (χ2v) is 7.79. The summed E-state index contributed by atoms with van der Waals surface area (Å²) in [6.07, 6.45) is 0. The third kappa shape index (κ3) is 4.21. The normalized spacial score (nSPS) is 13.0. The molecule has 2 aromatic carbocycles. The Balaban J connectivity index is 2.26. The van der Waals surface area contributed by atoms with Gasteiger partial charge in [0.25, 0.3) is 0 Å². The Labute approximate surface area is 142 Å². The highest BCUT2D eigenvalue weighted by Crippen LogP contribution is 2.22. The van der Waals surface area contributed by atoms with Crippen LogP contribution in [-0.4, -0.2) is 25.5 Å². The van der Waals surface area contributed by atoms with E-state index in [0.717, 1.165) is 16.7 Å². The molecule has 0 saturated carbocycles. The molecule has 128 valence electrons. The van der Waals surface area contributed by atoms with E-state index in [9.17, 15) is 13.2 Å². The van der Waals surface area contributed by atoms with Crippen LogP contribution in [0.1, 0.15) is 19.4 Å². The zero-order chi connectivity index (χ0) is 17.9. The van der Waals surface area contributed by atoms with Crippen molar-refractivity contribution in [2.24, 2.45) is 5.92 Å². The molecule has 0 fully saturated rings. The predicted octanol–water partition coefficient (Wildman–Crippen LogP) is 3.05. The standard InChI is InChI=1S/C18H21NO4S/c1-12(2)17(18(20)21)19-24(22,23)16-10-8-15(9-11-16)14-6-4-13(3)5-7-14/h4-12,17,19H,1-3H3,(H,20,21). The van der Waals surface area contributed by atoms with Gasteiger partial charge in [-0.1, -0.05) is 55.8 Å². The van der Waals surface area contributed by atoms with Crippen molar-refractivity contribution in [3.05, 3.63) is 54.1 Å². The molecule has 0 amide bonds. The summed E-state index contributed by atoms with van der Waals surface area (Å²) in [6.45, 7) is 5.31. The molecule has 0 aliphatic carbocycles. The minimum Gasteiger partial charge on any atom is -0.480 e. The smallest absolute Gasteiger partial charge is 0.322 e. The van der Waals surface area contributed by atoms with Crippen LogP contribution in [-0.2, 0) is 14.8 Å². The molecule has 0 aromatic heterocycles. The van der Waals surface area contributed by atoms with E-state index < -0.39 is 22.0 Å². The highest BCUT2D eigenvalue weighted by atomic mass is 32.2. The fraction of sp³-hybridized carbons (Fsp3) is 0.278. The van der Waals surface area contributed by atoms with E-state index in [0.29, 0.717) is 0 Å². The number of hydrogen-bond acceptors (Lipinski definition) is 3. The molecule has 0 bridgehead atoms. The molecule has 0 heterocycles. The third-order valence-electron chi connectivity index (χ3n) is 3.76. The zero-order valence-corrected chi connectivity index (χ0v) is 14.7. The first kappa shape index (κ1) is 18.2. The average molecular weight is 347 g/mol. The van der Waals surface area contributed by atoms with Gasteiger partial charge < -0.3 is 5.11 Å². The lowest BCUT2D eigenvalue weighted by atomic mass is 10.0. The van der Waals surface area contributed by atoms with Crippen molar-refractivity contribution in [3.63, 3.8) is 0 Å². The van der Waals surface area contributed by atoms with Crippen molar-refractivity contribution in [1.82, 2.24) is 4.72 Å². The van der Waals surface area contributed by atoms with Gasteiger partial charge in [-0.2, -0.15) is 4.72 Å². The van der Waals surface area contributed by atoms with Crippen molar-refractivity contribution in [2.75, 3.05) is 0 Å². The molecule has 0 saturated heterocycles. The van der Waals surface area contributed by atoms with E-state index in [1.165, 1.54) is 12.1 Å². The van der Waals surface area contributed by atoms with E-state index in [1.54, 1.807) is 26.0 Å². The second-order valence-electron chi connectivity index (χ2n) is 6.07. The molecule has 2 rings (SSSR count). The minimum atomic E-state index is -3.89. The van der Waals surface area contributed by atoms with Gasteiger partial charge in [0.2, 0.25) is 10.0 Å². The van der Waals surface area contributed by atoms with Crippen LogP contribution >= 0.6 is 0 Å². The number of aliphatic carboxylic acids is 1. The second kappa shape index (κ2) is 7.15. The van der Waals surface area contributed by atoms with Crippen molar-refractivity contribution in [2.45, 2.75) is 31.7 Å². The van der Waals surface area contributed by atoms with Crippen molar-refractivity contribution in [1.29, 1.82) is 0 Å². The van der Waals surface area contributed by atoms with E-state index in [4.69, 9.17) is 5.11 Å². The number of carbonyl (C=O) groups is 1. The molecule has 6 heteroatoms. The SMILES string of the molecule is Cc1ccc(-c2ccc(S(=O)(=O)NC(C(=O)O)C(C)C)cc2)cc1. The Morgan fingerprint density at radius 1 is 0.958 bits per heavy atom. The Morgan fingerprint density at radius 3 is 1.83 bits per heavy atom. The molecular weight excluding hydrogens is 326 g/mol. The fourth-order valence-electron chi connectivity index (χ4n) is 2.28. The minimum absolute atomic E-state index is 0.0465. The first-order valence-electron chi connectivity index (χ1n) is 7.63. The Morgan fingerprint density at radius 2 is 1.42 bits per heavy atom. The summed E-state index contributed by atoms with van der Waals surface area (Å²) >= 11 is 0. The summed E-state index contributed by atoms with van der Waals surface area (Å²) in [5, 5.41) is 9.14. The van der Waals surface area contributed by atoms with Gasteiger partial charge in [-0.05, 0) is 36.1 Å².